The third kappa shape index (κ3) is 3.40. The van der Waals surface area contributed by atoms with Crippen LogP contribution in [0.4, 0.5) is 11.4 Å². The Kier molecular flexibility index (Phi) is 4.47. The van der Waals surface area contributed by atoms with Gasteiger partial charge in [-0.2, -0.15) is 0 Å². The standard InChI is InChI=1S/C14H12Cl2N2O2/c1-9-6-14(18(19)20)12(16)7-13(9)17-8-10-2-4-11(15)5-3-10/h2-7,17H,8H2,1H3. The van der Waals surface area contributed by atoms with E-state index in [1.165, 1.54) is 6.07 Å². The molecule has 2 rings (SSSR count). The lowest BCUT2D eigenvalue weighted by Gasteiger charge is -2.10. The van der Waals surface area contributed by atoms with Gasteiger partial charge in [-0.25, -0.2) is 0 Å². The smallest absolute Gasteiger partial charge is 0.288 e. The van der Waals surface area contributed by atoms with Crippen LogP contribution in [0.3, 0.4) is 0 Å². The molecule has 0 saturated heterocycles. The summed E-state index contributed by atoms with van der Waals surface area (Å²) in [5, 5.41) is 14.8. The van der Waals surface area contributed by atoms with Crippen molar-refractivity contribution in [3.63, 3.8) is 0 Å². The van der Waals surface area contributed by atoms with Gasteiger partial charge in [0.2, 0.25) is 0 Å². The van der Waals surface area contributed by atoms with Gasteiger partial charge in [0.1, 0.15) is 5.02 Å². The normalized spacial score (nSPS) is 10.3. The fourth-order valence-corrected chi connectivity index (χ4v) is 2.15. The Bertz CT molecular complexity index is 642. The number of nitrogens with zero attached hydrogens (tertiary/aromatic N) is 1. The van der Waals surface area contributed by atoms with Crippen molar-refractivity contribution >= 4 is 34.6 Å². The molecule has 0 aliphatic rings. The molecule has 0 atom stereocenters. The molecule has 0 radical (unpaired) electrons. The van der Waals surface area contributed by atoms with E-state index in [1.807, 2.05) is 24.3 Å². The highest BCUT2D eigenvalue weighted by Crippen LogP contribution is 2.30. The Morgan fingerprint density at radius 2 is 1.85 bits per heavy atom. The molecule has 4 nitrogen and oxygen atoms in total. The maximum atomic E-state index is 10.8. The molecule has 0 bridgehead atoms. The molecule has 0 unspecified atom stereocenters. The molecular weight excluding hydrogens is 299 g/mol. The minimum absolute atomic E-state index is 0.0822. The first-order valence-electron chi connectivity index (χ1n) is 5.90. The van der Waals surface area contributed by atoms with Crippen molar-refractivity contribution in [1.29, 1.82) is 0 Å². The van der Waals surface area contributed by atoms with Crippen LogP contribution in [0, 0.1) is 17.0 Å². The summed E-state index contributed by atoms with van der Waals surface area (Å²) in [6.45, 7) is 2.39. The summed E-state index contributed by atoms with van der Waals surface area (Å²) in [6.07, 6.45) is 0. The largest absolute Gasteiger partial charge is 0.381 e. The van der Waals surface area contributed by atoms with Crippen molar-refractivity contribution < 1.29 is 4.92 Å². The van der Waals surface area contributed by atoms with E-state index in [9.17, 15) is 10.1 Å². The van der Waals surface area contributed by atoms with Gasteiger partial charge >= 0.3 is 0 Å². The first kappa shape index (κ1) is 14.6. The molecule has 1 N–H and O–H groups in total. The zero-order chi connectivity index (χ0) is 14.7. The van der Waals surface area contributed by atoms with Gasteiger partial charge < -0.3 is 5.32 Å². The van der Waals surface area contributed by atoms with Crippen LogP contribution in [0.15, 0.2) is 36.4 Å². The minimum atomic E-state index is -0.488. The van der Waals surface area contributed by atoms with Gasteiger partial charge in [0.25, 0.3) is 5.69 Å². The minimum Gasteiger partial charge on any atom is -0.381 e. The first-order chi connectivity index (χ1) is 9.47. The number of aryl methyl sites for hydroxylation is 1. The lowest BCUT2D eigenvalue weighted by atomic mass is 10.1. The van der Waals surface area contributed by atoms with Gasteiger partial charge in [0.15, 0.2) is 0 Å². The monoisotopic (exact) mass is 310 g/mol. The lowest BCUT2D eigenvalue weighted by Crippen LogP contribution is -2.02. The summed E-state index contributed by atoms with van der Waals surface area (Å²) in [6, 6.07) is 10.5. The summed E-state index contributed by atoms with van der Waals surface area (Å²) in [7, 11) is 0. The molecule has 0 aliphatic heterocycles. The molecule has 0 saturated carbocycles. The van der Waals surface area contributed by atoms with E-state index < -0.39 is 4.92 Å². The number of anilines is 1. The van der Waals surface area contributed by atoms with Crippen LogP contribution < -0.4 is 5.32 Å². The van der Waals surface area contributed by atoms with Crippen LogP contribution in [0.25, 0.3) is 0 Å². The summed E-state index contributed by atoms with van der Waals surface area (Å²) < 4.78 is 0. The maximum Gasteiger partial charge on any atom is 0.288 e. The zero-order valence-corrected chi connectivity index (χ0v) is 12.2. The van der Waals surface area contributed by atoms with E-state index in [1.54, 1.807) is 13.0 Å². The summed E-state index contributed by atoms with van der Waals surface area (Å²) in [5.41, 5.74) is 2.52. The second kappa shape index (κ2) is 6.11. The van der Waals surface area contributed by atoms with E-state index in [4.69, 9.17) is 23.2 Å². The summed E-state index contributed by atoms with van der Waals surface area (Å²) >= 11 is 11.7. The van der Waals surface area contributed by atoms with E-state index in [0.29, 0.717) is 11.6 Å². The average Bonchev–Trinajstić information content (AvgIpc) is 2.41. The molecule has 0 aromatic heterocycles. The molecule has 0 fully saturated rings. The Balaban J connectivity index is 2.16. The Morgan fingerprint density at radius 3 is 2.45 bits per heavy atom. The highest BCUT2D eigenvalue weighted by molar-refractivity contribution is 6.33. The van der Waals surface area contributed by atoms with Crippen molar-refractivity contribution in [2.24, 2.45) is 0 Å². The van der Waals surface area contributed by atoms with E-state index in [2.05, 4.69) is 5.32 Å². The van der Waals surface area contributed by atoms with E-state index in [-0.39, 0.29) is 10.7 Å². The van der Waals surface area contributed by atoms with Crippen LogP contribution in [-0.2, 0) is 6.54 Å². The van der Waals surface area contributed by atoms with Crippen LogP contribution in [0.2, 0.25) is 10.0 Å². The molecule has 6 heteroatoms. The Hall–Kier alpha value is -1.78. The maximum absolute atomic E-state index is 10.8. The van der Waals surface area contributed by atoms with Crippen molar-refractivity contribution in [3.05, 3.63) is 67.7 Å². The number of nitrogens with one attached hydrogen (secondary N) is 1. The van der Waals surface area contributed by atoms with E-state index >= 15 is 0 Å². The first-order valence-corrected chi connectivity index (χ1v) is 6.66. The third-order valence-corrected chi connectivity index (χ3v) is 3.44. The van der Waals surface area contributed by atoms with Crippen LogP contribution >= 0.6 is 23.2 Å². The van der Waals surface area contributed by atoms with Gasteiger partial charge in [-0.1, -0.05) is 35.3 Å². The third-order valence-electron chi connectivity index (χ3n) is 2.89. The molecule has 2 aromatic rings. The van der Waals surface area contributed by atoms with Gasteiger partial charge in [-0.3, -0.25) is 10.1 Å². The van der Waals surface area contributed by atoms with Crippen molar-refractivity contribution in [2.45, 2.75) is 13.5 Å². The second-order valence-corrected chi connectivity index (χ2v) is 5.20. The number of hydrogen-bond acceptors (Lipinski definition) is 3. The molecule has 0 heterocycles. The van der Waals surface area contributed by atoms with Crippen molar-refractivity contribution in [2.75, 3.05) is 5.32 Å². The molecule has 0 aliphatic carbocycles. The van der Waals surface area contributed by atoms with Crippen molar-refractivity contribution in [1.82, 2.24) is 0 Å². The molecule has 20 heavy (non-hydrogen) atoms. The van der Waals surface area contributed by atoms with E-state index in [0.717, 1.165) is 16.8 Å². The fourth-order valence-electron chi connectivity index (χ4n) is 1.80. The van der Waals surface area contributed by atoms with Gasteiger partial charge in [-0.15, -0.1) is 0 Å². The lowest BCUT2D eigenvalue weighted by molar-refractivity contribution is -0.384. The van der Waals surface area contributed by atoms with Crippen LogP contribution in [-0.4, -0.2) is 4.92 Å². The van der Waals surface area contributed by atoms with Crippen molar-refractivity contribution in [3.8, 4) is 0 Å². The van der Waals surface area contributed by atoms with Gasteiger partial charge in [0, 0.05) is 23.3 Å². The van der Waals surface area contributed by atoms with Gasteiger partial charge in [-0.05, 0) is 36.2 Å². The number of benzene rings is 2. The highest BCUT2D eigenvalue weighted by atomic mass is 35.5. The summed E-state index contributed by atoms with van der Waals surface area (Å²) in [4.78, 5) is 10.3. The molecule has 0 amide bonds. The molecule has 2 aromatic carbocycles. The summed E-state index contributed by atoms with van der Waals surface area (Å²) in [5.74, 6) is 0. The fraction of sp³-hybridized carbons (Fsp3) is 0.143. The van der Waals surface area contributed by atoms with Crippen LogP contribution in [0.5, 0.6) is 0 Å². The number of nitro groups is 1. The molecule has 0 spiro atoms. The Labute approximate surface area is 126 Å². The predicted molar refractivity (Wildman–Crippen MR) is 81.6 cm³/mol. The molecular formula is C14H12Cl2N2O2. The van der Waals surface area contributed by atoms with Gasteiger partial charge in [0.05, 0.1) is 4.92 Å². The molecule has 104 valence electrons. The predicted octanol–water partition coefficient (Wildman–Crippen LogP) is 4.82. The Morgan fingerprint density at radius 1 is 1.20 bits per heavy atom. The number of nitro benzene ring substituents is 1. The number of hydrogen-bond donors (Lipinski definition) is 1. The quantitative estimate of drug-likeness (QED) is 0.650. The highest BCUT2D eigenvalue weighted by Gasteiger charge is 2.14. The second-order valence-electron chi connectivity index (χ2n) is 4.36. The number of halogens is 2. The average molecular weight is 311 g/mol. The SMILES string of the molecule is Cc1cc([N+](=O)[O-])c(Cl)cc1NCc1ccc(Cl)cc1. The van der Waals surface area contributed by atoms with Crippen LogP contribution in [0.1, 0.15) is 11.1 Å². The topological polar surface area (TPSA) is 55.2 Å². The number of rotatable bonds is 4. The zero-order valence-electron chi connectivity index (χ0n) is 10.7.